The number of hydrogen-bond donors (Lipinski definition) is 4. The van der Waals surface area contributed by atoms with Gasteiger partial charge in [-0.1, -0.05) is 25.4 Å². The summed E-state index contributed by atoms with van der Waals surface area (Å²) in [4.78, 5) is 18.1. The fourth-order valence-electron chi connectivity index (χ4n) is 2.23. The first kappa shape index (κ1) is 18.0. The van der Waals surface area contributed by atoms with Gasteiger partial charge in [0.2, 0.25) is 5.95 Å². The largest absolute Gasteiger partial charge is 0.403 e. The van der Waals surface area contributed by atoms with Crippen LogP contribution >= 0.6 is 11.6 Å². The molecule has 2 aromatic rings. The predicted molar refractivity (Wildman–Crippen MR) is 100 cm³/mol. The fourth-order valence-corrected chi connectivity index (χ4v) is 2.47. The molecule has 2 rings (SSSR count). The van der Waals surface area contributed by atoms with Gasteiger partial charge in [0.1, 0.15) is 11.5 Å². The zero-order chi connectivity index (χ0) is 17.5. The van der Waals surface area contributed by atoms with Crippen molar-refractivity contribution in [3.05, 3.63) is 23.1 Å². The number of nitrogens with zero attached hydrogens (tertiary/aromatic N) is 4. The van der Waals surface area contributed by atoms with Crippen molar-refractivity contribution < 1.29 is 0 Å². The monoisotopic (exact) mass is 350 g/mol. The lowest BCUT2D eigenvalue weighted by molar-refractivity contribution is 0.313. The number of nitrogens with one attached hydrogen (secondary N) is 2. The van der Waals surface area contributed by atoms with Crippen LogP contribution in [0.1, 0.15) is 13.8 Å². The first-order valence-corrected chi connectivity index (χ1v) is 8.18. The second-order valence-electron chi connectivity index (χ2n) is 5.10. The Bertz CT molecular complexity index is 732. The molecule has 0 fully saturated rings. The highest BCUT2D eigenvalue weighted by molar-refractivity contribution is 6.36. The molecule has 0 atom stereocenters. The van der Waals surface area contributed by atoms with Gasteiger partial charge in [-0.15, -0.1) is 0 Å². The Morgan fingerprint density at radius 1 is 1.42 bits per heavy atom. The minimum Gasteiger partial charge on any atom is -0.403 e. The lowest BCUT2D eigenvalue weighted by Crippen LogP contribution is -2.25. The Kier molecular flexibility index (Phi) is 6.39. The van der Waals surface area contributed by atoms with Gasteiger partial charge < -0.3 is 26.7 Å². The molecule has 0 spiro atoms. The van der Waals surface area contributed by atoms with Crippen molar-refractivity contribution in [3.63, 3.8) is 0 Å². The average Bonchev–Trinajstić information content (AvgIpc) is 2.95. The number of fused-ring (bicyclic) bond motifs is 1. The molecule has 0 radical (unpaired) electrons. The van der Waals surface area contributed by atoms with Crippen molar-refractivity contribution in [1.29, 1.82) is 0 Å². The number of halogens is 1. The van der Waals surface area contributed by atoms with E-state index in [1.807, 2.05) is 0 Å². The fraction of sp³-hybridized carbons (Fsp3) is 0.400. The van der Waals surface area contributed by atoms with Gasteiger partial charge in [-0.3, -0.25) is 4.99 Å². The average molecular weight is 351 g/mol. The number of aliphatic imine (C=N–C) groups is 1. The number of nitrogens with two attached hydrogens (primary N) is 2. The SMILES string of the molecule is CCN(CC)CCN=CC(=CN)Nc1nc(N)c2c(Cl)c[nH]c2n1. The van der Waals surface area contributed by atoms with Crippen molar-refractivity contribution in [2.24, 2.45) is 10.7 Å². The molecule has 130 valence electrons. The van der Waals surface area contributed by atoms with Gasteiger partial charge in [0.15, 0.2) is 0 Å². The summed E-state index contributed by atoms with van der Waals surface area (Å²) >= 11 is 6.03. The summed E-state index contributed by atoms with van der Waals surface area (Å²) < 4.78 is 0. The molecular formula is C15H23ClN8. The number of aromatic nitrogens is 3. The van der Waals surface area contributed by atoms with Crippen LogP contribution in [0.5, 0.6) is 0 Å². The summed E-state index contributed by atoms with van der Waals surface area (Å²) in [7, 11) is 0. The maximum Gasteiger partial charge on any atom is 0.231 e. The van der Waals surface area contributed by atoms with E-state index in [1.54, 1.807) is 12.4 Å². The Morgan fingerprint density at radius 3 is 2.83 bits per heavy atom. The summed E-state index contributed by atoms with van der Waals surface area (Å²) in [5, 5.41) is 4.09. The molecule has 9 heteroatoms. The molecule has 0 aliphatic heterocycles. The number of anilines is 2. The molecule has 0 amide bonds. The summed E-state index contributed by atoms with van der Waals surface area (Å²) in [6.45, 7) is 7.87. The van der Waals surface area contributed by atoms with Crippen molar-refractivity contribution in [3.8, 4) is 0 Å². The molecule has 24 heavy (non-hydrogen) atoms. The van der Waals surface area contributed by atoms with E-state index in [9.17, 15) is 0 Å². The van der Waals surface area contributed by atoms with Crippen molar-refractivity contribution in [2.45, 2.75) is 13.8 Å². The third-order valence-corrected chi connectivity index (χ3v) is 3.92. The van der Waals surface area contributed by atoms with Gasteiger partial charge in [0, 0.05) is 25.2 Å². The number of allylic oxidation sites excluding steroid dienone is 1. The molecule has 0 bridgehead atoms. The Labute approximate surface area is 146 Å². The van der Waals surface area contributed by atoms with Gasteiger partial charge in [0.05, 0.1) is 22.7 Å². The van der Waals surface area contributed by atoms with Crippen LogP contribution in [0.3, 0.4) is 0 Å². The lowest BCUT2D eigenvalue weighted by Gasteiger charge is -2.15. The van der Waals surface area contributed by atoms with Crippen LogP contribution < -0.4 is 16.8 Å². The minimum atomic E-state index is 0.295. The molecule has 0 aliphatic rings. The molecule has 8 nitrogen and oxygen atoms in total. The van der Waals surface area contributed by atoms with E-state index in [0.717, 1.165) is 19.6 Å². The van der Waals surface area contributed by atoms with Crippen LogP contribution in [0.2, 0.25) is 5.02 Å². The van der Waals surface area contributed by atoms with Gasteiger partial charge in [-0.2, -0.15) is 9.97 Å². The summed E-state index contributed by atoms with van der Waals surface area (Å²) in [5.74, 6) is 0.619. The predicted octanol–water partition coefficient (Wildman–Crippen LogP) is 1.82. The topological polar surface area (TPSA) is 121 Å². The van der Waals surface area contributed by atoms with E-state index in [4.69, 9.17) is 23.1 Å². The molecule has 2 aromatic heterocycles. The quantitative estimate of drug-likeness (QED) is 0.539. The molecular weight excluding hydrogens is 328 g/mol. The first-order chi connectivity index (χ1) is 11.6. The third-order valence-electron chi connectivity index (χ3n) is 3.62. The molecule has 0 saturated heterocycles. The van der Waals surface area contributed by atoms with Gasteiger partial charge >= 0.3 is 0 Å². The van der Waals surface area contributed by atoms with Crippen molar-refractivity contribution in [2.75, 3.05) is 37.2 Å². The third kappa shape index (κ3) is 4.36. The van der Waals surface area contributed by atoms with Crippen molar-refractivity contribution in [1.82, 2.24) is 19.9 Å². The second-order valence-corrected chi connectivity index (χ2v) is 5.51. The van der Waals surface area contributed by atoms with Crippen LogP contribution in [0.15, 0.2) is 23.1 Å². The van der Waals surface area contributed by atoms with Crippen LogP contribution in [-0.4, -0.2) is 52.2 Å². The zero-order valence-electron chi connectivity index (χ0n) is 13.9. The maximum atomic E-state index is 6.03. The van der Waals surface area contributed by atoms with Crippen LogP contribution in [0.4, 0.5) is 11.8 Å². The van der Waals surface area contributed by atoms with E-state index in [0.29, 0.717) is 40.1 Å². The number of rotatable bonds is 8. The molecule has 0 aromatic carbocycles. The maximum absolute atomic E-state index is 6.03. The Hall–Kier alpha value is -2.32. The summed E-state index contributed by atoms with van der Waals surface area (Å²) in [6, 6.07) is 0. The van der Waals surface area contributed by atoms with Gasteiger partial charge in [0.25, 0.3) is 0 Å². The summed E-state index contributed by atoms with van der Waals surface area (Å²) in [6.07, 6.45) is 4.69. The van der Waals surface area contributed by atoms with Gasteiger partial charge in [-0.05, 0) is 13.1 Å². The Balaban J connectivity index is 2.03. The molecule has 0 aliphatic carbocycles. The molecule has 2 heterocycles. The van der Waals surface area contributed by atoms with Crippen LogP contribution in [0, 0.1) is 0 Å². The highest BCUT2D eigenvalue weighted by atomic mass is 35.5. The number of H-pyrrole nitrogens is 1. The molecule has 6 N–H and O–H groups in total. The van der Waals surface area contributed by atoms with E-state index < -0.39 is 0 Å². The second kappa shape index (κ2) is 8.51. The Morgan fingerprint density at radius 2 is 2.17 bits per heavy atom. The lowest BCUT2D eigenvalue weighted by atomic mass is 10.4. The minimum absolute atomic E-state index is 0.295. The first-order valence-electron chi connectivity index (χ1n) is 7.80. The highest BCUT2D eigenvalue weighted by Gasteiger charge is 2.10. The zero-order valence-corrected chi connectivity index (χ0v) is 14.6. The van der Waals surface area contributed by atoms with E-state index in [2.05, 4.69) is 44.0 Å². The summed E-state index contributed by atoms with van der Waals surface area (Å²) in [5.41, 5.74) is 12.7. The molecule has 0 unspecified atom stereocenters. The van der Waals surface area contributed by atoms with Crippen molar-refractivity contribution >= 4 is 40.6 Å². The standard InChI is InChI=1S/C15H23ClN8/c1-3-24(4-2)6-5-19-8-10(7-17)21-15-22-13(18)12-11(16)9-20-14(12)23-15/h7-9H,3-6,17H2,1-2H3,(H4,18,20,21,22,23). The van der Waals surface area contributed by atoms with Crippen LogP contribution in [0.25, 0.3) is 11.0 Å². The van der Waals surface area contributed by atoms with Gasteiger partial charge in [-0.25, -0.2) is 0 Å². The number of hydrogen-bond acceptors (Lipinski definition) is 7. The van der Waals surface area contributed by atoms with E-state index in [-0.39, 0.29) is 0 Å². The smallest absolute Gasteiger partial charge is 0.231 e. The number of aromatic amines is 1. The van der Waals surface area contributed by atoms with E-state index in [1.165, 1.54) is 6.20 Å². The normalized spacial score (nSPS) is 12.6. The highest BCUT2D eigenvalue weighted by Crippen LogP contribution is 2.26. The van der Waals surface area contributed by atoms with E-state index >= 15 is 0 Å². The molecule has 0 saturated carbocycles. The number of likely N-dealkylation sites (N-methyl/N-ethyl adjacent to an activating group) is 1. The van der Waals surface area contributed by atoms with Crippen LogP contribution in [-0.2, 0) is 0 Å². The number of nitrogen functional groups attached to an aromatic ring is 1.